The molecule has 1 aromatic carbocycles. The van der Waals surface area contributed by atoms with Crippen LogP contribution in [0.15, 0.2) is 36.4 Å². The first-order valence-electron chi connectivity index (χ1n) is 8.69. The van der Waals surface area contributed by atoms with Crippen molar-refractivity contribution in [2.45, 2.75) is 26.2 Å². The number of para-hydroxylation sites is 1. The minimum atomic E-state index is -0.0935. The molecule has 0 bridgehead atoms. The van der Waals surface area contributed by atoms with Crippen LogP contribution in [-0.4, -0.2) is 53.4 Å². The standard InChI is InChI=1S/C19H26N4O2/c1-19(2,3)16-13-17(23(21-16)15-7-5-4-6-8-15)20-18(24)14-22-9-11-25-12-10-22/h4-8,13H,9-12,14H2,1-3H3,(H,20,24). The van der Waals surface area contributed by atoms with Crippen molar-refractivity contribution in [3.63, 3.8) is 0 Å². The van der Waals surface area contributed by atoms with Gasteiger partial charge in [0.25, 0.3) is 0 Å². The molecule has 25 heavy (non-hydrogen) atoms. The number of rotatable bonds is 4. The van der Waals surface area contributed by atoms with E-state index in [2.05, 4.69) is 31.0 Å². The van der Waals surface area contributed by atoms with E-state index in [1.165, 1.54) is 0 Å². The third-order valence-corrected chi connectivity index (χ3v) is 4.22. The minimum Gasteiger partial charge on any atom is -0.379 e. The minimum absolute atomic E-state index is 0.0283. The Morgan fingerprint density at radius 2 is 1.88 bits per heavy atom. The van der Waals surface area contributed by atoms with E-state index in [4.69, 9.17) is 9.84 Å². The molecule has 1 aliphatic rings. The van der Waals surface area contributed by atoms with Crippen molar-refractivity contribution in [2.24, 2.45) is 0 Å². The number of hydrogen-bond acceptors (Lipinski definition) is 4. The number of nitrogens with one attached hydrogen (secondary N) is 1. The number of ether oxygens (including phenoxy) is 1. The molecule has 1 amide bonds. The van der Waals surface area contributed by atoms with E-state index in [0.29, 0.717) is 25.6 Å². The Balaban J connectivity index is 1.81. The molecule has 2 aromatic rings. The summed E-state index contributed by atoms with van der Waals surface area (Å²) in [4.78, 5) is 14.6. The highest BCUT2D eigenvalue weighted by atomic mass is 16.5. The van der Waals surface area contributed by atoms with Crippen molar-refractivity contribution >= 4 is 11.7 Å². The van der Waals surface area contributed by atoms with Gasteiger partial charge in [-0.25, -0.2) is 4.68 Å². The van der Waals surface area contributed by atoms with Crippen molar-refractivity contribution in [3.8, 4) is 5.69 Å². The van der Waals surface area contributed by atoms with E-state index >= 15 is 0 Å². The molecule has 3 rings (SSSR count). The lowest BCUT2D eigenvalue weighted by molar-refractivity contribution is -0.118. The molecule has 6 heteroatoms. The monoisotopic (exact) mass is 342 g/mol. The zero-order chi connectivity index (χ0) is 17.9. The molecule has 0 radical (unpaired) electrons. The first-order chi connectivity index (χ1) is 11.9. The van der Waals surface area contributed by atoms with Crippen molar-refractivity contribution < 1.29 is 9.53 Å². The molecule has 134 valence electrons. The van der Waals surface area contributed by atoms with Gasteiger partial charge in [-0.15, -0.1) is 0 Å². The van der Waals surface area contributed by atoms with Gasteiger partial charge in [-0.05, 0) is 12.1 Å². The molecule has 2 heterocycles. The number of nitrogens with zero attached hydrogens (tertiary/aromatic N) is 3. The van der Waals surface area contributed by atoms with Crippen molar-refractivity contribution in [1.82, 2.24) is 14.7 Å². The van der Waals surface area contributed by atoms with Crippen LogP contribution in [0.4, 0.5) is 5.82 Å². The first kappa shape index (κ1) is 17.6. The average molecular weight is 342 g/mol. The van der Waals surface area contributed by atoms with Crippen LogP contribution in [0.25, 0.3) is 5.69 Å². The average Bonchev–Trinajstić information content (AvgIpc) is 3.00. The third kappa shape index (κ3) is 4.46. The van der Waals surface area contributed by atoms with Gasteiger partial charge in [-0.2, -0.15) is 5.10 Å². The molecule has 1 aliphatic heterocycles. The highest BCUT2D eigenvalue weighted by Crippen LogP contribution is 2.26. The van der Waals surface area contributed by atoms with Gasteiger partial charge in [-0.1, -0.05) is 39.0 Å². The van der Waals surface area contributed by atoms with Crippen molar-refractivity contribution in [2.75, 3.05) is 38.2 Å². The molecular weight excluding hydrogens is 316 g/mol. The third-order valence-electron chi connectivity index (χ3n) is 4.22. The number of carbonyl (C=O) groups is 1. The van der Waals surface area contributed by atoms with E-state index in [1.807, 2.05) is 36.4 Å². The van der Waals surface area contributed by atoms with E-state index in [-0.39, 0.29) is 11.3 Å². The van der Waals surface area contributed by atoms with Gasteiger partial charge < -0.3 is 10.1 Å². The van der Waals surface area contributed by atoms with Gasteiger partial charge in [0.15, 0.2) is 0 Å². The van der Waals surface area contributed by atoms with Crippen LogP contribution in [-0.2, 0) is 14.9 Å². The summed E-state index contributed by atoms with van der Waals surface area (Å²) in [6, 6.07) is 11.8. The van der Waals surface area contributed by atoms with Gasteiger partial charge in [0.05, 0.1) is 31.1 Å². The zero-order valence-corrected chi connectivity index (χ0v) is 15.2. The molecule has 0 spiro atoms. The summed E-state index contributed by atoms with van der Waals surface area (Å²) in [5, 5.41) is 7.75. The second kappa shape index (κ2) is 7.37. The smallest absolute Gasteiger partial charge is 0.239 e. The van der Waals surface area contributed by atoms with Crippen LogP contribution in [0.5, 0.6) is 0 Å². The first-order valence-corrected chi connectivity index (χ1v) is 8.69. The fraction of sp³-hybridized carbons (Fsp3) is 0.474. The predicted octanol–water partition coefficient (Wildman–Crippen LogP) is 2.44. The number of anilines is 1. The summed E-state index contributed by atoms with van der Waals surface area (Å²) in [6.07, 6.45) is 0. The molecule has 1 saturated heterocycles. The molecule has 1 fully saturated rings. The van der Waals surface area contributed by atoms with Crippen LogP contribution < -0.4 is 5.32 Å². The van der Waals surface area contributed by atoms with E-state index < -0.39 is 0 Å². The highest BCUT2D eigenvalue weighted by molar-refractivity contribution is 5.91. The Hall–Kier alpha value is -2.18. The lowest BCUT2D eigenvalue weighted by atomic mass is 9.92. The molecule has 0 aliphatic carbocycles. The van der Waals surface area contributed by atoms with Gasteiger partial charge in [0, 0.05) is 24.6 Å². The molecule has 1 N–H and O–H groups in total. The summed E-state index contributed by atoms with van der Waals surface area (Å²) >= 11 is 0. The Kier molecular flexibility index (Phi) is 5.20. The van der Waals surface area contributed by atoms with Crippen LogP contribution in [0, 0.1) is 0 Å². The Labute approximate surface area is 148 Å². The Bertz CT molecular complexity index is 713. The molecule has 6 nitrogen and oxygen atoms in total. The molecule has 0 unspecified atom stereocenters. The second-order valence-corrected chi connectivity index (χ2v) is 7.35. The fourth-order valence-corrected chi connectivity index (χ4v) is 2.75. The zero-order valence-electron chi connectivity index (χ0n) is 15.2. The number of amides is 1. The van der Waals surface area contributed by atoms with E-state index in [9.17, 15) is 4.79 Å². The van der Waals surface area contributed by atoms with Gasteiger partial charge in [0.1, 0.15) is 5.82 Å². The Morgan fingerprint density at radius 3 is 2.52 bits per heavy atom. The number of hydrogen-bond donors (Lipinski definition) is 1. The van der Waals surface area contributed by atoms with Crippen LogP contribution >= 0.6 is 0 Å². The maximum atomic E-state index is 12.5. The molecule has 1 aromatic heterocycles. The summed E-state index contributed by atoms with van der Waals surface area (Å²) in [7, 11) is 0. The number of carbonyl (C=O) groups excluding carboxylic acids is 1. The Morgan fingerprint density at radius 1 is 1.20 bits per heavy atom. The second-order valence-electron chi connectivity index (χ2n) is 7.35. The van der Waals surface area contributed by atoms with E-state index in [1.54, 1.807) is 4.68 Å². The maximum absolute atomic E-state index is 12.5. The SMILES string of the molecule is CC(C)(C)c1cc(NC(=O)CN2CCOCC2)n(-c2ccccc2)n1. The largest absolute Gasteiger partial charge is 0.379 e. The van der Waals surface area contributed by atoms with Gasteiger partial charge in [-0.3, -0.25) is 9.69 Å². The number of benzene rings is 1. The quantitative estimate of drug-likeness (QED) is 0.927. The number of morpholine rings is 1. The normalized spacial score (nSPS) is 16.0. The lowest BCUT2D eigenvalue weighted by Crippen LogP contribution is -2.41. The summed E-state index contributed by atoms with van der Waals surface area (Å²) in [5.74, 6) is 0.675. The predicted molar refractivity (Wildman–Crippen MR) is 98.2 cm³/mol. The van der Waals surface area contributed by atoms with Crippen molar-refractivity contribution in [3.05, 3.63) is 42.1 Å². The van der Waals surface area contributed by atoms with Gasteiger partial charge in [0.2, 0.25) is 5.91 Å². The highest BCUT2D eigenvalue weighted by Gasteiger charge is 2.22. The van der Waals surface area contributed by atoms with Crippen LogP contribution in [0.2, 0.25) is 0 Å². The van der Waals surface area contributed by atoms with Crippen LogP contribution in [0.1, 0.15) is 26.5 Å². The van der Waals surface area contributed by atoms with Crippen LogP contribution in [0.3, 0.4) is 0 Å². The summed E-state index contributed by atoms with van der Waals surface area (Å²) in [5.41, 5.74) is 1.78. The molecular formula is C19H26N4O2. The summed E-state index contributed by atoms with van der Waals surface area (Å²) < 4.78 is 7.13. The lowest BCUT2D eigenvalue weighted by Gasteiger charge is -2.25. The maximum Gasteiger partial charge on any atom is 0.239 e. The molecule has 0 saturated carbocycles. The number of aromatic nitrogens is 2. The van der Waals surface area contributed by atoms with Gasteiger partial charge >= 0.3 is 0 Å². The topological polar surface area (TPSA) is 59.4 Å². The molecule has 0 atom stereocenters. The van der Waals surface area contributed by atoms with Crippen molar-refractivity contribution in [1.29, 1.82) is 0 Å². The van der Waals surface area contributed by atoms with E-state index in [0.717, 1.165) is 24.5 Å². The fourth-order valence-electron chi connectivity index (χ4n) is 2.75. The summed E-state index contributed by atoms with van der Waals surface area (Å²) in [6.45, 7) is 9.66.